The number of methoxy groups -OCH3 is 1. The molecule has 1 aliphatic rings. The molecule has 0 radical (unpaired) electrons. The maximum atomic E-state index is 12.8. The van der Waals surface area contributed by atoms with E-state index in [-0.39, 0.29) is 24.3 Å². The van der Waals surface area contributed by atoms with E-state index in [1.54, 1.807) is 26.0 Å². The standard InChI is InChI=1S/C30H38N2O5/c1-5-36-27(33)17-18-32(3)30(34)22-11-13-23(14-12-22)31-28(21-9-7-6-8-10-21)29-20(2)25-19-24(35-4)15-16-26(25)37-29/h11-16,19,21,28,31H,5-10,17-18H2,1-4H3. The van der Waals surface area contributed by atoms with E-state index in [2.05, 4.69) is 12.2 Å². The Hall–Kier alpha value is -3.48. The Balaban J connectivity index is 1.53. The van der Waals surface area contributed by atoms with Crippen molar-refractivity contribution in [3.63, 3.8) is 0 Å². The van der Waals surface area contributed by atoms with Crippen LogP contribution in [0.3, 0.4) is 0 Å². The summed E-state index contributed by atoms with van der Waals surface area (Å²) < 4.78 is 16.8. The van der Waals surface area contributed by atoms with E-state index in [1.165, 1.54) is 19.3 Å². The Labute approximate surface area is 219 Å². The first-order valence-electron chi connectivity index (χ1n) is 13.3. The molecule has 1 amide bonds. The Morgan fingerprint density at radius 1 is 1.11 bits per heavy atom. The number of hydrogen-bond acceptors (Lipinski definition) is 6. The second kappa shape index (κ2) is 12.2. The van der Waals surface area contributed by atoms with Crippen LogP contribution in [-0.2, 0) is 9.53 Å². The fourth-order valence-electron chi connectivity index (χ4n) is 5.21. The number of nitrogens with zero attached hydrogens (tertiary/aromatic N) is 1. The minimum absolute atomic E-state index is 0.0347. The highest BCUT2D eigenvalue weighted by molar-refractivity contribution is 5.94. The van der Waals surface area contributed by atoms with E-state index in [4.69, 9.17) is 13.9 Å². The normalized spacial score (nSPS) is 14.8. The Morgan fingerprint density at radius 3 is 2.51 bits per heavy atom. The molecular weight excluding hydrogens is 468 g/mol. The van der Waals surface area contributed by atoms with Crippen LogP contribution in [0.1, 0.15) is 73.2 Å². The molecule has 1 fully saturated rings. The predicted molar refractivity (Wildman–Crippen MR) is 145 cm³/mol. The van der Waals surface area contributed by atoms with Crippen LogP contribution >= 0.6 is 0 Å². The molecular formula is C30H38N2O5. The van der Waals surface area contributed by atoms with Gasteiger partial charge in [-0.25, -0.2) is 0 Å². The zero-order valence-corrected chi connectivity index (χ0v) is 22.3. The average molecular weight is 507 g/mol. The molecule has 3 aromatic rings. The summed E-state index contributed by atoms with van der Waals surface area (Å²) in [5, 5.41) is 4.81. The molecule has 0 spiro atoms. The number of aryl methyl sites for hydroxylation is 1. The summed E-state index contributed by atoms with van der Waals surface area (Å²) in [6, 6.07) is 13.5. The van der Waals surface area contributed by atoms with Gasteiger partial charge in [0.2, 0.25) is 0 Å². The largest absolute Gasteiger partial charge is 0.497 e. The van der Waals surface area contributed by atoms with Crippen LogP contribution < -0.4 is 10.1 Å². The summed E-state index contributed by atoms with van der Waals surface area (Å²) in [6.45, 7) is 4.55. The molecule has 0 bridgehead atoms. The summed E-state index contributed by atoms with van der Waals surface area (Å²) in [6.07, 6.45) is 6.21. The Morgan fingerprint density at radius 2 is 1.84 bits per heavy atom. The molecule has 1 N–H and O–H groups in total. The van der Waals surface area contributed by atoms with Crippen molar-refractivity contribution in [1.29, 1.82) is 0 Å². The van der Waals surface area contributed by atoms with Crippen LogP contribution in [0.25, 0.3) is 11.0 Å². The molecule has 7 heteroatoms. The molecule has 2 aromatic carbocycles. The highest BCUT2D eigenvalue weighted by Crippen LogP contribution is 2.41. The third-order valence-corrected chi connectivity index (χ3v) is 7.34. The van der Waals surface area contributed by atoms with Crippen molar-refractivity contribution in [2.75, 3.05) is 32.6 Å². The van der Waals surface area contributed by atoms with Crippen molar-refractivity contribution in [2.24, 2.45) is 5.92 Å². The van der Waals surface area contributed by atoms with Gasteiger partial charge in [-0.05, 0) is 75.1 Å². The van der Waals surface area contributed by atoms with Gasteiger partial charge in [-0.2, -0.15) is 0 Å². The molecule has 4 rings (SSSR count). The number of carbonyl (C=O) groups excluding carboxylic acids is 2. The predicted octanol–water partition coefficient (Wildman–Crippen LogP) is 6.51. The van der Waals surface area contributed by atoms with Crippen LogP contribution in [0.5, 0.6) is 5.75 Å². The molecule has 198 valence electrons. The van der Waals surface area contributed by atoms with E-state index in [0.717, 1.165) is 46.6 Å². The number of benzene rings is 2. The third-order valence-electron chi connectivity index (χ3n) is 7.34. The number of carbonyl (C=O) groups is 2. The fraction of sp³-hybridized carbons (Fsp3) is 0.467. The number of fused-ring (bicyclic) bond motifs is 1. The van der Waals surface area contributed by atoms with E-state index < -0.39 is 0 Å². The maximum Gasteiger partial charge on any atom is 0.307 e. The van der Waals surface area contributed by atoms with Crippen molar-refractivity contribution in [3.05, 3.63) is 59.4 Å². The van der Waals surface area contributed by atoms with Crippen molar-refractivity contribution < 1.29 is 23.5 Å². The third kappa shape index (κ3) is 6.27. The van der Waals surface area contributed by atoms with Crippen LogP contribution in [0.2, 0.25) is 0 Å². The van der Waals surface area contributed by atoms with Crippen molar-refractivity contribution in [2.45, 2.75) is 58.4 Å². The molecule has 1 aromatic heterocycles. The lowest BCUT2D eigenvalue weighted by atomic mass is 9.82. The molecule has 37 heavy (non-hydrogen) atoms. The minimum Gasteiger partial charge on any atom is -0.497 e. The first kappa shape index (κ1) is 26.6. The summed E-state index contributed by atoms with van der Waals surface area (Å²) in [5.74, 6) is 1.83. The summed E-state index contributed by atoms with van der Waals surface area (Å²) >= 11 is 0. The number of amides is 1. The van der Waals surface area contributed by atoms with E-state index >= 15 is 0 Å². The average Bonchev–Trinajstić information content (AvgIpc) is 3.26. The monoisotopic (exact) mass is 506 g/mol. The number of esters is 1. The van der Waals surface area contributed by atoms with Crippen molar-refractivity contribution in [3.8, 4) is 5.75 Å². The molecule has 1 unspecified atom stereocenters. The Bertz CT molecular complexity index is 1210. The van der Waals surface area contributed by atoms with Gasteiger partial charge in [-0.3, -0.25) is 9.59 Å². The topological polar surface area (TPSA) is 81.0 Å². The number of nitrogens with one attached hydrogen (secondary N) is 1. The number of furan rings is 1. The second-order valence-corrected chi connectivity index (χ2v) is 9.83. The van der Waals surface area contributed by atoms with Gasteiger partial charge in [-0.15, -0.1) is 0 Å². The number of anilines is 1. The van der Waals surface area contributed by atoms with Crippen LogP contribution in [0.15, 0.2) is 46.9 Å². The van der Waals surface area contributed by atoms with Crippen LogP contribution in [0.4, 0.5) is 5.69 Å². The van der Waals surface area contributed by atoms with Gasteiger partial charge in [-0.1, -0.05) is 19.3 Å². The van der Waals surface area contributed by atoms with E-state index in [1.807, 2.05) is 42.5 Å². The number of hydrogen-bond donors (Lipinski definition) is 1. The highest BCUT2D eigenvalue weighted by atomic mass is 16.5. The second-order valence-electron chi connectivity index (χ2n) is 9.83. The van der Waals surface area contributed by atoms with E-state index in [9.17, 15) is 9.59 Å². The summed E-state index contributed by atoms with van der Waals surface area (Å²) in [7, 11) is 3.38. The smallest absolute Gasteiger partial charge is 0.307 e. The summed E-state index contributed by atoms with van der Waals surface area (Å²) in [4.78, 5) is 26.0. The zero-order chi connectivity index (χ0) is 26.4. The van der Waals surface area contributed by atoms with Gasteiger partial charge in [0.25, 0.3) is 5.91 Å². The first-order valence-corrected chi connectivity index (χ1v) is 13.3. The molecule has 0 aliphatic heterocycles. The lowest BCUT2D eigenvalue weighted by molar-refractivity contribution is -0.143. The summed E-state index contributed by atoms with van der Waals surface area (Å²) in [5.41, 5.74) is 3.52. The fourth-order valence-corrected chi connectivity index (χ4v) is 5.21. The van der Waals surface area contributed by atoms with Crippen LogP contribution in [0, 0.1) is 12.8 Å². The number of rotatable bonds is 10. The molecule has 1 saturated carbocycles. The molecule has 1 atom stereocenters. The number of ether oxygens (including phenoxy) is 2. The molecule has 7 nitrogen and oxygen atoms in total. The Kier molecular flexibility index (Phi) is 8.74. The SMILES string of the molecule is CCOC(=O)CCN(C)C(=O)c1ccc(NC(c2oc3ccc(OC)cc3c2C)C2CCCCC2)cc1. The van der Waals surface area contributed by atoms with E-state index in [0.29, 0.717) is 24.6 Å². The molecule has 1 heterocycles. The van der Waals surface area contributed by atoms with Crippen molar-refractivity contribution in [1.82, 2.24) is 4.90 Å². The van der Waals surface area contributed by atoms with Gasteiger partial charge in [0.1, 0.15) is 17.1 Å². The van der Waals surface area contributed by atoms with Gasteiger partial charge >= 0.3 is 5.97 Å². The zero-order valence-electron chi connectivity index (χ0n) is 22.3. The van der Waals surface area contributed by atoms with Gasteiger partial charge < -0.3 is 24.1 Å². The van der Waals surface area contributed by atoms with Gasteiger partial charge in [0.15, 0.2) is 0 Å². The molecule has 1 aliphatic carbocycles. The van der Waals surface area contributed by atoms with Gasteiger partial charge in [0.05, 0.1) is 26.2 Å². The highest BCUT2D eigenvalue weighted by Gasteiger charge is 2.30. The maximum absolute atomic E-state index is 12.8. The van der Waals surface area contributed by atoms with Gasteiger partial charge in [0, 0.05) is 35.8 Å². The first-order chi connectivity index (χ1) is 17.9. The molecule has 0 saturated heterocycles. The quantitative estimate of drug-likeness (QED) is 0.316. The minimum atomic E-state index is -0.297. The van der Waals surface area contributed by atoms with Crippen molar-refractivity contribution >= 4 is 28.5 Å². The lowest BCUT2D eigenvalue weighted by Crippen LogP contribution is -2.29. The lowest BCUT2D eigenvalue weighted by Gasteiger charge is -2.31. The van der Waals surface area contributed by atoms with Crippen LogP contribution in [-0.4, -0.2) is 44.1 Å².